The van der Waals surface area contributed by atoms with Gasteiger partial charge in [-0.1, -0.05) is 12.1 Å². The highest BCUT2D eigenvalue weighted by molar-refractivity contribution is 5.62. The van der Waals surface area contributed by atoms with E-state index in [9.17, 15) is 10.4 Å². The van der Waals surface area contributed by atoms with Crippen LogP contribution in [0.15, 0.2) is 36.4 Å². The third-order valence-corrected chi connectivity index (χ3v) is 3.66. The zero-order valence-electron chi connectivity index (χ0n) is 11.7. The van der Waals surface area contributed by atoms with Gasteiger partial charge in [0.15, 0.2) is 0 Å². The molecular formula is C16H18NO2-. The molecule has 19 heavy (non-hydrogen) atoms. The molecule has 100 valence electrons. The number of quaternary nitrogens is 1. The Morgan fingerprint density at radius 1 is 0.632 bits per heavy atom. The van der Waals surface area contributed by atoms with Crippen LogP contribution in [0.3, 0.4) is 0 Å². The minimum absolute atomic E-state index is 0.214. The largest absolute Gasteiger partial charge is 0.621 e. The molecule has 0 radical (unpaired) electrons. The van der Waals surface area contributed by atoms with Crippen molar-refractivity contribution >= 4 is 11.4 Å². The fourth-order valence-electron chi connectivity index (χ4n) is 1.97. The van der Waals surface area contributed by atoms with E-state index in [2.05, 4.69) is 0 Å². The minimum atomic E-state index is -1.72. The first-order chi connectivity index (χ1) is 8.82. The maximum atomic E-state index is 12.4. The summed E-state index contributed by atoms with van der Waals surface area (Å²) in [5.41, 5.74) is 4.48. The van der Waals surface area contributed by atoms with E-state index in [1.54, 1.807) is 24.3 Å². The molecule has 0 saturated carbocycles. The Kier molecular flexibility index (Phi) is 3.45. The van der Waals surface area contributed by atoms with Gasteiger partial charge in [-0.15, -0.1) is 0 Å². The van der Waals surface area contributed by atoms with E-state index in [1.165, 1.54) is 0 Å². The van der Waals surface area contributed by atoms with Gasteiger partial charge in [0.1, 0.15) is 11.4 Å². The zero-order valence-corrected chi connectivity index (χ0v) is 11.7. The Morgan fingerprint density at radius 2 is 1.00 bits per heavy atom. The first-order valence-electron chi connectivity index (χ1n) is 6.29. The average Bonchev–Trinajstić information content (AvgIpc) is 2.35. The lowest BCUT2D eigenvalue weighted by Gasteiger charge is -2.46. The molecule has 0 aromatic heterocycles. The van der Waals surface area contributed by atoms with Crippen LogP contribution in [0.5, 0.6) is 0 Å². The van der Waals surface area contributed by atoms with Gasteiger partial charge >= 0.3 is 0 Å². The average molecular weight is 256 g/mol. The molecule has 0 heterocycles. The summed E-state index contributed by atoms with van der Waals surface area (Å²) in [4.78, 5) is -1.72. The van der Waals surface area contributed by atoms with Crippen molar-refractivity contribution in [2.24, 2.45) is 0 Å². The SMILES string of the molecule is Cc1ccc([N+]([O-])([O-])c2ccc(C)c(C)c2)cc1C. The lowest BCUT2D eigenvalue weighted by molar-refractivity contribution is 0.680. The van der Waals surface area contributed by atoms with Gasteiger partial charge in [0.05, 0.1) is 0 Å². The van der Waals surface area contributed by atoms with E-state index in [0.717, 1.165) is 22.3 Å². The molecule has 0 bridgehead atoms. The van der Waals surface area contributed by atoms with Gasteiger partial charge in [0, 0.05) is 24.3 Å². The van der Waals surface area contributed by atoms with Crippen LogP contribution in [0.1, 0.15) is 22.3 Å². The van der Waals surface area contributed by atoms with Crippen LogP contribution in [0.4, 0.5) is 11.4 Å². The van der Waals surface area contributed by atoms with Crippen LogP contribution in [0, 0.1) is 38.1 Å². The summed E-state index contributed by atoms with van der Waals surface area (Å²) in [6.45, 7) is 7.72. The highest BCUT2D eigenvalue weighted by atomic mass is 16.8. The van der Waals surface area contributed by atoms with Gasteiger partial charge in [-0.05, 0) is 49.9 Å². The van der Waals surface area contributed by atoms with Crippen LogP contribution in [0.2, 0.25) is 0 Å². The van der Waals surface area contributed by atoms with Crippen molar-refractivity contribution < 1.29 is 0 Å². The Labute approximate surface area is 113 Å². The zero-order chi connectivity index (χ0) is 14.2. The number of benzene rings is 2. The fraction of sp³-hybridized carbons (Fsp3) is 0.250. The molecule has 2 rings (SSSR count). The van der Waals surface area contributed by atoms with Gasteiger partial charge in [-0.3, -0.25) is 0 Å². The lowest BCUT2D eigenvalue weighted by atomic mass is 10.1. The van der Waals surface area contributed by atoms with Crippen LogP contribution < -0.4 is 4.81 Å². The number of rotatable bonds is 2. The van der Waals surface area contributed by atoms with E-state index in [1.807, 2.05) is 39.8 Å². The summed E-state index contributed by atoms with van der Waals surface area (Å²) in [7, 11) is 0. The Morgan fingerprint density at radius 3 is 1.32 bits per heavy atom. The lowest BCUT2D eigenvalue weighted by Crippen LogP contribution is -2.29. The van der Waals surface area contributed by atoms with E-state index in [-0.39, 0.29) is 11.4 Å². The molecule has 0 saturated heterocycles. The van der Waals surface area contributed by atoms with Gasteiger partial charge in [0.25, 0.3) is 0 Å². The second kappa shape index (κ2) is 4.78. The summed E-state index contributed by atoms with van der Waals surface area (Å²) in [6.07, 6.45) is 0. The molecule has 0 spiro atoms. The first-order valence-corrected chi connectivity index (χ1v) is 6.29. The Balaban J connectivity index is 2.51. The van der Waals surface area contributed by atoms with Crippen molar-refractivity contribution in [3.63, 3.8) is 0 Å². The number of nitrogens with zero attached hydrogens (tertiary/aromatic N) is 1. The van der Waals surface area contributed by atoms with Gasteiger partial charge in [-0.25, -0.2) is 0 Å². The predicted octanol–water partition coefficient (Wildman–Crippen LogP) is 4.55. The summed E-state index contributed by atoms with van der Waals surface area (Å²) in [5.74, 6) is 0. The molecule has 0 N–H and O–H groups in total. The van der Waals surface area contributed by atoms with E-state index in [0.29, 0.717) is 0 Å². The van der Waals surface area contributed by atoms with Crippen molar-refractivity contribution in [2.75, 3.05) is 0 Å². The normalized spacial score (nSPS) is 11.7. The Hall–Kier alpha value is -1.68. The molecule has 0 unspecified atom stereocenters. The number of hydrogen-bond donors (Lipinski definition) is 0. The van der Waals surface area contributed by atoms with Gasteiger partial charge in [0.2, 0.25) is 0 Å². The standard InChI is InChI=1S/C16H18NO2/c1-11-5-7-15(9-13(11)3)17(18,19)16-8-6-12(2)14(4)10-16/h5-10H,1-4H3/q-1. The molecule has 0 fully saturated rings. The summed E-state index contributed by atoms with van der Waals surface area (Å²) in [6, 6.07) is 10.2. The number of aryl methyl sites for hydroxylation is 4. The topological polar surface area (TPSA) is 46.1 Å². The minimum Gasteiger partial charge on any atom is -0.621 e. The maximum Gasteiger partial charge on any atom is 0.138 e. The highest BCUT2D eigenvalue weighted by Crippen LogP contribution is 2.34. The third kappa shape index (κ3) is 2.54. The second-order valence-electron chi connectivity index (χ2n) is 5.09. The van der Waals surface area contributed by atoms with E-state index in [4.69, 9.17) is 0 Å². The van der Waals surface area contributed by atoms with Crippen molar-refractivity contribution in [3.8, 4) is 0 Å². The monoisotopic (exact) mass is 256 g/mol. The smallest absolute Gasteiger partial charge is 0.138 e. The van der Waals surface area contributed by atoms with Crippen molar-refractivity contribution in [3.05, 3.63) is 69.1 Å². The molecular weight excluding hydrogens is 238 g/mol. The fourth-order valence-corrected chi connectivity index (χ4v) is 1.97. The van der Waals surface area contributed by atoms with Crippen LogP contribution in [-0.4, -0.2) is 0 Å². The third-order valence-electron chi connectivity index (χ3n) is 3.66. The molecule has 2 aromatic carbocycles. The van der Waals surface area contributed by atoms with Crippen molar-refractivity contribution in [1.29, 1.82) is 0 Å². The molecule has 2 aromatic rings. The quantitative estimate of drug-likeness (QED) is 0.584. The van der Waals surface area contributed by atoms with Crippen molar-refractivity contribution in [1.82, 2.24) is 4.81 Å². The van der Waals surface area contributed by atoms with Gasteiger partial charge < -0.3 is 15.2 Å². The maximum absolute atomic E-state index is 12.4. The predicted molar refractivity (Wildman–Crippen MR) is 80.0 cm³/mol. The highest BCUT2D eigenvalue weighted by Gasteiger charge is 2.15. The van der Waals surface area contributed by atoms with Crippen LogP contribution in [0.25, 0.3) is 0 Å². The molecule has 3 nitrogen and oxygen atoms in total. The Bertz CT molecular complexity index is 565. The molecule has 0 amide bonds. The summed E-state index contributed by atoms with van der Waals surface area (Å²) in [5, 5.41) is 24.8. The molecule has 0 aliphatic rings. The molecule has 0 atom stereocenters. The molecule has 3 heteroatoms. The van der Waals surface area contributed by atoms with Crippen LogP contribution in [-0.2, 0) is 0 Å². The first kappa shape index (κ1) is 13.7. The molecule has 0 aliphatic heterocycles. The summed E-state index contributed by atoms with van der Waals surface area (Å²) >= 11 is 0. The summed E-state index contributed by atoms with van der Waals surface area (Å²) < 4.78 is 0. The molecule has 0 aliphatic carbocycles. The van der Waals surface area contributed by atoms with E-state index >= 15 is 0 Å². The van der Waals surface area contributed by atoms with Gasteiger partial charge in [-0.2, -0.15) is 0 Å². The second-order valence-corrected chi connectivity index (χ2v) is 5.09. The van der Waals surface area contributed by atoms with Crippen LogP contribution >= 0.6 is 0 Å². The van der Waals surface area contributed by atoms with Crippen molar-refractivity contribution in [2.45, 2.75) is 27.7 Å². The van der Waals surface area contributed by atoms with E-state index < -0.39 is 4.81 Å². The number of hydrogen-bond acceptors (Lipinski definition) is 2.